The highest BCUT2D eigenvalue weighted by atomic mass is 32.2. The minimum absolute atomic E-state index is 0.0557. The van der Waals surface area contributed by atoms with Crippen molar-refractivity contribution in [3.8, 4) is 16.3 Å². The van der Waals surface area contributed by atoms with Crippen LogP contribution in [0.4, 0.5) is 5.69 Å². The molecule has 0 fully saturated rings. The molecule has 27 heavy (non-hydrogen) atoms. The van der Waals surface area contributed by atoms with Gasteiger partial charge in [0.05, 0.1) is 17.9 Å². The molecule has 0 aliphatic carbocycles. The summed E-state index contributed by atoms with van der Waals surface area (Å²) in [5.74, 6) is 0.273. The number of anilines is 1. The van der Waals surface area contributed by atoms with Crippen LogP contribution in [0.1, 0.15) is 5.69 Å². The van der Waals surface area contributed by atoms with Gasteiger partial charge in [0.25, 0.3) is 0 Å². The summed E-state index contributed by atoms with van der Waals surface area (Å²) in [4.78, 5) is 16.8. The lowest BCUT2D eigenvalue weighted by atomic mass is 10.2. The molecule has 1 N–H and O–H groups in total. The van der Waals surface area contributed by atoms with Gasteiger partial charge in [-0.25, -0.2) is 13.4 Å². The fourth-order valence-electron chi connectivity index (χ4n) is 2.25. The Labute approximate surface area is 165 Å². The molecule has 0 radical (unpaired) electrons. The van der Waals surface area contributed by atoms with E-state index in [-0.39, 0.29) is 24.7 Å². The Hall–Kier alpha value is -2.23. The largest absolute Gasteiger partial charge is 0.492 e. The van der Waals surface area contributed by atoms with Crippen molar-refractivity contribution < 1.29 is 17.9 Å². The van der Waals surface area contributed by atoms with Crippen LogP contribution < -0.4 is 10.1 Å². The molecule has 3 rings (SSSR count). The monoisotopic (exact) mass is 422 g/mol. The Morgan fingerprint density at radius 1 is 1.26 bits per heavy atom. The highest BCUT2D eigenvalue weighted by Gasteiger charge is 2.10. The summed E-state index contributed by atoms with van der Waals surface area (Å²) in [7, 11) is -3.07. The molecule has 6 nitrogen and oxygen atoms in total. The van der Waals surface area contributed by atoms with E-state index in [4.69, 9.17) is 4.74 Å². The van der Waals surface area contributed by atoms with Crippen LogP contribution >= 0.6 is 22.7 Å². The van der Waals surface area contributed by atoms with E-state index >= 15 is 0 Å². The normalized spacial score (nSPS) is 11.3. The van der Waals surface area contributed by atoms with Crippen molar-refractivity contribution in [3.63, 3.8) is 0 Å². The molecule has 0 bridgehead atoms. The van der Waals surface area contributed by atoms with Gasteiger partial charge in [-0.15, -0.1) is 11.3 Å². The van der Waals surface area contributed by atoms with Crippen molar-refractivity contribution >= 4 is 44.1 Å². The first-order valence-corrected chi connectivity index (χ1v) is 11.9. The average Bonchev–Trinajstić information content (AvgIpc) is 3.25. The maximum Gasteiger partial charge on any atom is 0.230 e. The Morgan fingerprint density at radius 2 is 2.11 bits per heavy atom. The van der Waals surface area contributed by atoms with E-state index in [0.29, 0.717) is 11.4 Å². The second-order valence-corrected chi connectivity index (χ2v) is 9.79. The van der Waals surface area contributed by atoms with Crippen molar-refractivity contribution in [2.45, 2.75) is 6.42 Å². The molecule has 0 spiro atoms. The molecule has 0 unspecified atom stereocenters. The lowest BCUT2D eigenvalue weighted by molar-refractivity contribution is -0.115. The molecular weight excluding hydrogens is 404 g/mol. The highest BCUT2D eigenvalue weighted by molar-refractivity contribution is 7.90. The van der Waals surface area contributed by atoms with E-state index in [1.54, 1.807) is 35.6 Å². The summed E-state index contributed by atoms with van der Waals surface area (Å²) in [5.41, 5.74) is 2.38. The molecule has 0 aliphatic rings. The van der Waals surface area contributed by atoms with E-state index in [1.807, 2.05) is 22.2 Å². The van der Waals surface area contributed by atoms with Crippen LogP contribution in [0.2, 0.25) is 0 Å². The third-order valence-electron chi connectivity index (χ3n) is 3.50. The van der Waals surface area contributed by atoms with E-state index in [0.717, 1.165) is 22.5 Å². The summed E-state index contributed by atoms with van der Waals surface area (Å²) in [6.45, 7) is 0.0699. The van der Waals surface area contributed by atoms with Crippen LogP contribution in [-0.2, 0) is 21.1 Å². The van der Waals surface area contributed by atoms with Crippen LogP contribution in [0, 0.1) is 0 Å². The Bertz CT molecular complexity index is 1010. The predicted octanol–water partition coefficient (Wildman–Crippen LogP) is 3.48. The Balaban J connectivity index is 1.55. The number of thiophene rings is 1. The van der Waals surface area contributed by atoms with E-state index < -0.39 is 9.84 Å². The Morgan fingerprint density at radius 3 is 2.85 bits per heavy atom. The number of nitrogens with zero attached hydrogens (tertiary/aromatic N) is 1. The molecule has 3 aromatic rings. The number of carbonyl (C=O) groups excluding carboxylic acids is 1. The number of carbonyl (C=O) groups is 1. The zero-order valence-electron chi connectivity index (χ0n) is 14.5. The molecule has 0 atom stereocenters. The predicted molar refractivity (Wildman–Crippen MR) is 109 cm³/mol. The second kappa shape index (κ2) is 8.64. The minimum Gasteiger partial charge on any atom is -0.492 e. The van der Waals surface area contributed by atoms with Crippen molar-refractivity contribution in [1.82, 2.24) is 4.98 Å². The van der Waals surface area contributed by atoms with Gasteiger partial charge >= 0.3 is 0 Å². The third kappa shape index (κ3) is 6.16. The van der Waals surface area contributed by atoms with Crippen LogP contribution in [-0.4, -0.2) is 37.9 Å². The molecule has 0 saturated heterocycles. The van der Waals surface area contributed by atoms with Crippen molar-refractivity contribution in [3.05, 3.63) is 52.2 Å². The van der Waals surface area contributed by atoms with E-state index in [1.165, 1.54) is 11.3 Å². The van der Waals surface area contributed by atoms with Gasteiger partial charge in [-0.3, -0.25) is 4.79 Å². The average molecular weight is 423 g/mol. The molecule has 1 amide bonds. The molecule has 2 aromatic heterocycles. The summed E-state index contributed by atoms with van der Waals surface area (Å²) in [5, 5.41) is 9.62. The molecule has 0 aliphatic heterocycles. The van der Waals surface area contributed by atoms with Gasteiger partial charge in [-0.05, 0) is 23.6 Å². The second-order valence-electron chi connectivity index (χ2n) is 5.89. The number of sulfone groups is 1. The zero-order valence-corrected chi connectivity index (χ0v) is 17.0. The maximum absolute atomic E-state index is 12.3. The smallest absolute Gasteiger partial charge is 0.230 e. The molecule has 142 valence electrons. The van der Waals surface area contributed by atoms with Gasteiger partial charge in [0.1, 0.15) is 17.4 Å². The molecular formula is C18H18N2O4S3. The number of ether oxygens (including phenoxy) is 1. The number of amides is 1. The van der Waals surface area contributed by atoms with E-state index in [2.05, 4.69) is 10.3 Å². The number of thiazole rings is 1. The topological polar surface area (TPSA) is 85.4 Å². The summed E-state index contributed by atoms with van der Waals surface area (Å²) in [6.07, 6.45) is 1.34. The highest BCUT2D eigenvalue weighted by Crippen LogP contribution is 2.26. The summed E-state index contributed by atoms with van der Waals surface area (Å²) in [6, 6.07) is 8.87. The molecule has 2 heterocycles. The van der Waals surface area contributed by atoms with Gasteiger partial charge in [0.15, 0.2) is 9.84 Å². The number of hydrogen-bond acceptors (Lipinski definition) is 7. The zero-order chi connectivity index (χ0) is 19.3. The fourth-order valence-corrected chi connectivity index (χ4v) is 4.17. The number of aromatic nitrogens is 1. The SMILES string of the molecule is CS(=O)(=O)CCOc1cccc(NC(=O)Cc2csc(-c3ccsc3)n2)c1. The Kier molecular flexibility index (Phi) is 6.25. The fraction of sp³-hybridized carbons (Fsp3) is 0.222. The first-order chi connectivity index (χ1) is 12.9. The lowest BCUT2D eigenvalue weighted by Crippen LogP contribution is -2.15. The lowest BCUT2D eigenvalue weighted by Gasteiger charge is -2.08. The standard InChI is InChI=1S/C18H18N2O4S3/c1-27(22,23)8-6-24-16-4-2-3-14(9-16)19-17(21)10-15-12-26-18(20-15)13-5-7-25-11-13/h2-5,7,9,11-12H,6,8,10H2,1H3,(H,19,21). The van der Waals surface area contributed by atoms with E-state index in [9.17, 15) is 13.2 Å². The molecule has 1 aromatic carbocycles. The van der Waals surface area contributed by atoms with Gasteiger partial charge in [0.2, 0.25) is 5.91 Å². The number of benzene rings is 1. The first kappa shape index (κ1) is 19.5. The maximum atomic E-state index is 12.3. The van der Waals surface area contributed by atoms with Crippen LogP contribution in [0.15, 0.2) is 46.5 Å². The summed E-state index contributed by atoms with van der Waals surface area (Å²) < 4.78 is 27.7. The summed E-state index contributed by atoms with van der Waals surface area (Å²) >= 11 is 3.13. The van der Waals surface area contributed by atoms with Crippen molar-refractivity contribution in [2.75, 3.05) is 23.9 Å². The molecule has 9 heteroatoms. The van der Waals surface area contributed by atoms with Crippen LogP contribution in [0.5, 0.6) is 5.75 Å². The van der Waals surface area contributed by atoms with Gasteiger partial charge < -0.3 is 10.1 Å². The minimum atomic E-state index is -3.07. The molecule has 0 saturated carbocycles. The first-order valence-electron chi connectivity index (χ1n) is 8.06. The number of hydrogen-bond donors (Lipinski definition) is 1. The number of nitrogens with one attached hydrogen (secondary N) is 1. The van der Waals surface area contributed by atoms with Crippen LogP contribution in [0.3, 0.4) is 0 Å². The van der Waals surface area contributed by atoms with Gasteiger partial charge in [0, 0.05) is 34.3 Å². The quantitative estimate of drug-likeness (QED) is 0.601. The number of rotatable bonds is 8. The van der Waals surface area contributed by atoms with Crippen molar-refractivity contribution in [1.29, 1.82) is 0 Å². The van der Waals surface area contributed by atoms with Gasteiger partial charge in [-0.2, -0.15) is 11.3 Å². The third-order valence-corrected chi connectivity index (χ3v) is 6.03. The van der Waals surface area contributed by atoms with Gasteiger partial charge in [-0.1, -0.05) is 6.07 Å². The van der Waals surface area contributed by atoms with Crippen molar-refractivity contribution in [2.24, 2.45) is 0 Å². The van der Waals surface area contributed by atoms with Crippen LogP contribution in [0.25, 0.3) is 10.6 Å².